The number of hydrogen-bond donors (Lipinski definition) is 2. The Morgan fingerprint density at radius 2 is 2.29 bits per heavy atom. The lowest BCUT2D eigenvalue weighted by atomic mass is 10.1. The van der Waals surface area contributed by atoms with Gasteiger partial charge < -0.3 is 10.4 Å². The number of fused-ring (bicyclic) bond motifs is 1. The minimum atomic E-state index is -0.846. The molecule has 1 aromatic carbocycles. The molecule has 0 radical (unpaired) electrons. The highest BCUT2D eigenvalue weighted by Crippen LogP contribution is 2.30. The summed E-state index contributed by atoms with van der Waals surface area (Å²) >= 11 is 1.61. The third-order valence-electron chi connectivity index (χ3n) is 3.06. The van der Waals surface area contributed by atoms with Crippen molar-refractivity contribution in [3.63, 3.8) is 0 Å². The standard InChI is InChI=1S/C13H13NO2S/c15-13(16)10-2-1-3-11-12(10)8(7-17-11)6-14-9-4-5-9/h1-3,7,9,14H,4-6H2,(H,15,16). The normalized spacial score (nSPS) is 15.3. The topological polar surface area (TPSA) is 49.3 Å². The first-order valence-electron chi connectivity index (χ1n) is 5.71. The Morgan fingerprint density at radius 1 is 1.47 bits per heavy atom. The van der Waals surface area contributed by atoms with E-state index in [1.54, 1.807) is 23.5 Å². The van der Waals surface area contributed by atoms with Crippen LogP contribution in [-0.2, 0) is 6.54 Å². The van der Waals surface area contributed by atoms with Crippen molar-refractivity contribution >= 4 is 27.4 Å². The predicted molar refractivity (Wildman–Crippen MR) is 68.6 cm³/mol. The van der Waals surface area contributed by atoms with E-state index >= 15 is 0 Å². The van der Waals surface area contributed by atoms with Crippen molar-refractivity contribution in [2.24, 2.45) is 0 Å². The number of carbonyl (C=O) groups is 1. The molecule has 1 fully saturated rings. The molecule has 0 unspecified atom stereocenters. The molecular formula is C13H13NO2S. The Morgan fingerprint density at radius 3 is 3.00 bits per heavy atom. The molecule has 0 saturated heterocycles. The van der Waals surface area contributed by atoms with Gasteiger partial charge >= 0.3 is 5.97 Å². The van der Waals surface area contributed by atoms with Crippen LogP contribution in [0.3, 0.4) is 0 Å². The van der Waals surface area contributed by atoms with E-state index < -0.39 is 5.97 Å². The number of carboxylic acids is 1. The number of benzene rings is 1. The summed E-state index contributed by atoms with van der Waals surface area (Å²) in [6.07, 6.45) is 2.49. The minimum absolute atomic E-state index is 0.413. The molecule has 88 valence electrons. The fourth-order valence-corrected chi connectivity index (χ4v) is 2.99. The summed E-state index contributed by atoms with van der Waals surface area (Å²) in [7, 11) is 0. The van der Waals surface area contributed by atoms with Crippen molar-refractivity contribution in [3.8, 4) is 0 Å². The zero-order chi connectivity index (χ0) is 11.8. The van der Waals surface area contributed by atoms with Gasteiger partial charge in [-0.1, -0.05) is 6.07 Å². The third kappa shape index (κ3) is 2.06. The lowest BCUT2D eigenvalue weighted by Gasteiger charge is -2.03. The van der Waals surface area contributed by atoms with Gasteiger partial charge in [0.25, 0.3) is 0 Å². The molecule has 0 spiro atoms. The maximum atomic E-state index is 11.2. The Hall–Kier alpha value is -1.39. The van der Waals surface area contributed by atoms with Crippen LogP contribution in [0.4, 0.5) is 0 Å². The quantitative estimate of drug-likeness (QED) is 0.873. The summed E-state index contributed by atoms with van der Waals surface area (Å²) in [6, 6.07) is 6.10. The highest BCUT2D eigenvalue weighted by molar-refractivity contribution is 7.17. The van der Waals surface area contributed by atoms with Gasteiger partial charge in [-0.3, -0.25) is 0 Å². The lowest BCUT2D eigenvalue weighted by Crippen LogP contribution is -2.15. The molecule has 3 nitrogen and oxygen atoms in total. The molecular weight excluding hydrogens is 234 g/mol. The van der Waals surface area contributed by atoms with Crippen molar-refractivity contribution in [3.05, 3.63) is 34.7 Å². The smallest absolute Gasteiger partial charge is 0.336 e. The first-order valence-corrected chi connectivity index (χ1v) is 6.59. The maximum absolute atomic E-state index is 11.2. The van der Waals surface area contributed by atoms with Gasteiger partial charge in [-0.2, -0.15) is 0 Å². The van der Waals surface area contributed by atoms with Gasteiger partial charge in [0.1, 0.15) is 0 Å². The van der Waals surface area contributed by atoms with Crippen LogP contribution in [0, 0.1) is 0 Å². The average Bonchev–Trinajstić information content (AvgIpc) is 3.06. The SMILES string of the molecule is O=C(O)c1cccc2scc(CNC3CC3)c12. The minimum Gasteiger partial charge on any atom is -0.478 e. The highest BCUT2D eigenvalue weighted by Gasteiger charge is 2.21. The van der Waals surface area contributed by atoms with Crippen LogP contribution >= 0.6 is 11.3 Å². The first-order chi connectivity index (χ1) is 8.25. The van der Waals surface area contributed by atoms with Crippen LogP contribution in [0.15, 0.2) is 23.6 Å². The summed E-state index contributed by atoms with van der Waals surface area (Å²) in [5.41, 5.74) is 1.52. The van der Waals surface area contributed by atoms with E-state index in [2.05, 4.69) is 10.7 Å². The molecule has 4 heteroatoms. The van der Waals surface area contributed by atoms with Crippen molar-refractivity contribution in [2.45, 2.75) is 25.4 Å². The largest absolute Gasteiger partial charge is 0.478 e. The van der Waals surface area contributed by atoms with Crippen LogP contribution in [0.25, 0.3) is 10.1 Å². The summed E-state index contributed by atoms with van der Waals surface area (Å²) in [6.45, 7) is 0.773. The van der Waals surface area contributed by atoms with E-state index in [0.717, 1.165) is 22.2 Å². The van der Waals surface area contributed by atoms with Gasteiger partial charge in [-0.15, -0.1) is 11.3 Å². The lowest BCUT2D eigenvalue weighted by molar-refractivity contribution is 0.0699. The second-order valence-electron chi connectivity index (χ2n) is 4.40. The van der Waals surface area contributed by atoms with Gasteiger partial charge in [-0.05, 0) is 35.9 Å². The first kappa shape index (κ1) is 10.7. The van der Waals surface area contributed by atoms with Crippen LogP contribution in [0.1, 0.15) is 28.8 Å². The molecule has 3 rings (SSSR count). The van der Waals surface area contributed by atoms with E-state index in [1.807, 2.05) is 6.07 Å². The molecule has 1 aliphatic rings. The Labute approximate surface area is 103 Å². The van der Waals surface area contributed by atoms with Crippen molar-refractivity contribution < 1.29 is 9.90 Å². The molecule has 2 N–H and O–H groups in total. The Balaban J connectivity index is 2.01. The number of carboxylic acid groups (broad SMARTS) is 1. The van der Waals surface area contributed by atoms with Crippen molar-refractivity contribution in [2.75, 3.05) is 0 Å². The van der Waals surface area contributed by atoms with Gasteiger partial charge in [0, 0.05) is 22.7 Å². The van der Waals surface area contributed by atoms with Crippen LogP contribution in [0.2, 0.25) is 0 Å². The summed E-state index contributed by atoms with van der Waals surface area (Å²) < 4.78 is 1.05. The zero-order valence-electron chi connectivity index (χ0n) is 9.27. The molecule has 0 amide bonds. The van der Waals surface area contributed by atoms with Gasteiger partial charge in [0.2, 0.25) is 0 Å². The van der Waals surface area contributed by atoms with E-state index in [0.29, 0.717) is 11.6 Å². The number of aromatic carboxylic acids is 1. The Bertz CT molecular complexity index is 572. The van der Waals surface area contributed by atoms with Crippen molar-refractivity contribution in [1.82, 2.24) is 5.32 Å². The summed E-state index contributed by atoms with van der Waals surface area (Å²) in [4.78, 5) is 11.2. The molecule has 1 aliphatic carbocycles. The number of rotatable bonds is 4. The van der Waals surface area contributed by atoms with Crippen LogP contribution < -0.4 is 5.32 Å². The van der Waals surface area contributed by atoms with Crippen LogP contribution in [-0.4, -0.2) is 17.1 Å². The molecule has 0 bridgehead atoms. The molecule has 1 saturated carbocycles. The van der Waals surface area contributed by atoms with E-state index in [-0.39, 0.29) is 0 Å². The van der Waals surface area contributed by atoms with E-state index in [9.17, 15) is 9.90 Å². The Kier molecular flexibility index (Phi) is 2.61. The van der Waals surface area contributed by atoms with Crippen molar-refractivity contribution in [1.29, 1.82) is 0 Å². The molecule has 1 heterocycles. The monoisotopic (exact) mass is 247 g/mol. The summed E-state index contributed by atoms with van der Waals surface area (Å²) in [5, 5.41) is 15.6. The fraction of sp³-hybridized carbons (Fsp3) is 0.308. The molecule has 1 aromatic heterocycles. The van der Waals surface area contributed by atoms with Crippen LogP contribution in [0.5, 0.6) is 0 Å². The van der Waals surface area contributed by atoms with Gasteiger partial charge in [0.05, 0.1) is 5.56 Å². The zero-order valence-corrected chi connectivity index (χ0v) is 10.1. The number of nitrogens with one attached hydrogen (secondary N) is 1. The predicted octanol–water partition coefficient (Wildman–Crippen LogP) is 2.85. The third-order valence-corrected chi connectivity index (χ3v) is 4.06. The maximum Gasteiger partial charge on any atom is 0.336 e. The summed E-state index contributed by atoms with van der Waals surface area (Å²) in [5.74, 6) is -0.846. The second kappa shape index (κ2) is 4.13. The average molecular weight is 247 g/mol. The number of thiophene rings is 1. The highest BCUT2D eigenvalue weighted by atomic mass is 32.1. The van der Waals surface area contributed by atoms with E-state index in [1.165, 1.54) is 12.8 Å². The second-order valence-corrected chi connectivity index (χ2v) is 5.31. The number of hydrogen-bond acceptors (Lipinski definition) is 3. The molecule has 17 heavy (non-hydrogen) atoms. The molecule has 2 aromatic rings. The van der Waals surface area contributed by atoms with Gasteiger partial charge in [0.15, 0.2) is 0 Å². The van der Waals surface area contributed by atoms with Gasteiger partial charge in [-0.25, -0.2) is 4.79 Å². The molecule has 0 aliphatic heterocycles. The van der Waals surface area contributed by atoms with E-state index in [4.69, 9.17) is 0 Å². The molecule has 0 atom stereocenters. The fourth-order valence-electron chi connectivity index (χ4n) is 2.00.